The van der Waals surface area contributed by atoms with Gasteiger partial charge in [0.2, 0.25) is 0 Å². The van der Waals surface area contributed by atoms with Crippen LogP contribution in [0.4, 0.5) is 0 Å². The highest BCUT2D eigenvalue weighted by molar-refractivity contribution is 4.94. The molecule has 2 aliphatic rings. The first-order valence-corrected chi connectivity index (χ1v) is 7.01. The molecule has 0 aliphatic carbocycles. The first-order valence-electron chi connectivity index (χ1n) is 7.01. The number of hydrogen-bond donors (Lipinski definition) is 7. The van der Waals surface area contributed by atoms with Gasteiger partial charge in [-0.2, -0.15) is 0 Å². The van der Waals surface area contributed by atoms with Crippen LogP contribution in [-0.4, -0.2) is 98.6 Å². The standard InChI is InChI=1S/C12H23NO9/c1-3-6(15)10(9(18)11(19)20-3)22-12-5(13)8(17)7(16)4(2-14)21-12/h3-12,14-19H,2,13H2,1H3/t3-,4+,5+,6-,7+,8+,9+,10+,11?,12+/m0/s1. The van der Waals surface area contributed by atoms with Gasteiger partial charge in [0, 0.05) is 0 Å². The minimum Gasteiger partial charge on any atom is -0.394 e. The Kier molecular flexibility index (Phi) is 5.72. The lowest BCUT2D eigenvalue weighted by Crippen LogP contribution is -2.65. The van der Waals surface area contributed by atoms with Crippen LogP contribution in [0.1, 0.15) is 6.92 Å². The maximum Gasteiger partial charge on any atom is 0.183 e. The Morgan fingerprint density at radius 2 is 1.59 bits per heavy atom. The fraction of sp³-hybridized carbons (Fsp3) is 1.00. The summed E-state index contributed by atoms with van der Waals surface area (Å²) in [7, 11) is 0. The summed E-state index contributed by atoms with van der Waals surface area (Å²) in [4.78, 5) is 0. The summed E-state index contributed by atoms with van der Waals surface area (Å²) >= 11 is 0. The summed E-state index contributed by atoms with van der Waals surface area (Å²) in [6, 6.07) is -1.17. The van der Waals surface area contributed by atoms with Gasteiger partial charge in [0.05, 0.1) is 18.8 Å². The predicted molar refractivity (Wildman–Crippen MR) is 69.2 cm³/mol. The van der Waals surface area contributed by atoms with Crippen molar-refractivity contribution in [2.75, 3.05) is 6.61 Å². The van der Waals surface area contributed by atoms with Crippen molar-refractivity contribution < 1.29 is 44.8 Å². The van der Waals surface area contributed by atoms with E-state index in [1.54, 1.807) is 0 Å². The summed E-state index contributed by atoms with van der Waals surface area (Å²) in [5, 5.41) is 58.1. The molecule has 2 heterocycles. The van der Waals surface area contributed by atoms with Crippen LogP contribution >= 0.6 is 0 Å². The fourth-order valence-corrected chi connectivity index (χ4v) is 2.55. The zero-order valence-electron chi connectivity index (χ0n) is 12.0. The number of rotatable bonds is 3. The van der Waals surface area contributed by atoms with E-state index in [1.807, 2.05) is 0 Å². The molecule has 10 nitrogen and oxygen atoms in total. The van der Waals surface area contributed by atoms with Crippen molar-refractivity contribution in [3.63, 3.8) is 0 Å². The molecule has 2 aliphatic heterocycles. The molecular weight excluding hydrogens is 302 g/mol. The molecule has 0 spiro atoms. The van der Waals surface area contributed by atoms with Crippen molar-refractivity contribution in [3.05, 3.63) is 0 Å². The highest BCUT2D eigenvalue weighted by Crippen LogP contribution is 2.27. The van der Waals surface area contributed by atoms with Gasteiger partial charge < -0.3 is 50.6 Å². The summed E-state index contributed by atoms with van der Waals surface area (Å²) in [6.07, 6.45) is -11.7. The van der Waals surface area contributed by atoms with Crippen molar-refractivity contribution in [3.8, 4) is 0 Å². The highest BCUT2D eigenvalue weighted by Gasteiger charge is 2.48. The molecule has 0 saturated carbocycles. The zero-order valence-corrected chi connectivity index (χ0v) is 12.0. The van der Waals surface area contributed by atoms with Crippen molar-refractivity contribution in [2.45, 2.75) is 68.3 Å². The van der Waals surface area contributed by atoms with E-state index in [2.05, 4.69) is 0 Å². The second kappa shape index (κ2) is 7.01. The predicted octanol–water partition coefficient (Wildman–Crippen LogP) is -4.40. The van der Waals surface area contributed by atoms with Crippen LogP contribution in [0.25, 0.3) is 0 Å². The van der Waals surface area contributed by atoms with Crippen LogP contribution in [0.3, 0.4) is 0 Å². The molecule has 1 unspecified atom stereocenters. The molecule has 2 saturated heterocycles. The van der Waals surface area contributed by atoms with E-state index in [0.717, 1.165) is 0 Å². The molecule has 0 bridgehead atoms. The van der Waals surface area contributed by atoms with Crippen LogP contribution in [0.15, 0.2) is 0 Å². The zero-order chi connectivity index (χ0) is 16.6. The molecular formula is C12H23NO9. The first-order chi connectivity index (χ1) is 10.3. The van der Waals surface area contributed by atoms with Crippen LogP contribution in [0, 0.1) is 0 Å². The molecule has 22 heavy (non-hydrogen) atoms. The van der Waals surface area contributed by atoms with Gasteiger partial charge in [-0.05, 0) is 6.92 Å². The van der Waals surface area contributed by atoms with E-state index < -0.39 is 68.0 Å². The molecule has 0 aromatic rings. The van der Waals surface area contributed by atoms with Gasteiger partial charge in [0.15, 0.2) is 12.6 Å². The van der Waals surface area contributed by atoms with E-state index in [9.17, 15) is 25.5 Å². The van der Waals surface area contributed by atoms with Crippen molar-refractivity contribution >= 4 is 0 Å². The van der Waals surface area contributed by atoms with E-state index >= 15 is 0 Å². The number of aliphatic hydroxyl groups is 6. The molecule has 0 aromatic carbocycles. The Hall–Kier alpha value is -0.400. The van der Waals surface area contributed by atoms with Crippen molar-refractivity contribution in [1.29, 1.82) is 0 Å². The van der Waals surface area contributed by atoms with E-state index in [1.165, 1.54) is 6.92 Å². The van der Waals surface area contributed by atoms with Gasteiger partial charge >= 0.3 is 0 Å². The Morgan fingerprint density at radius 3 is 2.18 bits per heavy atom. The molecule has 0 radical (unpaired) electrons. The monoisotopic (exact) mass is 325 g/mol. The van der Waals surface area contributed by atoms with Crippen LogP contribution in [-0.2, 0) is 14.2 Å². The molecule has 130 valence electrons. The molecule has 8 N–H and O–H groups in total. The number of aliphatic hydroxyl groups excluding tert-OH is 6. The second-order valence-corrected chi connectivity index (χ2v) is 5.60. The number of hydrogen-bond acceptors (Lipinski definition) is 10. The van der Waals surface area contributed by atoms with Crippen molar-refractivity contribution in [2.24, 2.45) is 5.73 Å². The average molecular weight is 325 g/mol. The molecule has 2 fully saturated rings. The van der Waals surface area contributed by atoms with Gasteiger partial charge in [-0.1, -0.05) is 0 Å². The molecule has 10 atom stereocenters. The Labute approximate surface area is 126 Å². The summed E-state index contributed by atoms with van der Waals surface area (Å²) < 4.78 is 15.6. The number of nitrogens with two attached hydrogens (primary N) is 1. The van der Waals surface area contributed by atoms with Gasteiger partial charge in [0.1, 0.15) is 36.6 Å². The third-order valence-corrected chi connectivity index (χ3v) is 4.02. The van der Waals surface area contributed by atoms with Gasteiger partial charge in [0.25, 0.3) is 0 Å². The van der Waals surface area contributed by atoms with Gasteiger partial charge in [-0.15, -0.1) is 0 Å². The lowest BCUT2D eigenvalue weighted by atomic mass is 9.96. The maximum absolute atomic E-state index is 10.0. The molecule has 0 aromatic heterocycles. The minimum atomic E-state index is -1.56. The second-order valence-electron chi connectivity index (χ2n) is 5.60. The highest BCUT2D eigenvalue weighted by atomic mass is 16.7. The Balaban J connectivity index is 2.10. The van der Waals surface area contributed by atoms with Crippen LogP contribution < -0.4 is 5.73 Å². The van der Waals surface area contributed by atoms with Gasteiger partial charge in [-0.3, -0.25) is 0 Å². The fourth-order valence-electron chi connectivity index (χ4n) is 2.55. The van der Waals surface area contributed by atoms with Crippen molar-refractivity contribution in [1.82, 2.24) is 0 Å². The smallest absolute Gasteiger partial charge is 0.183 e. The Bertz CT molecular complexity index is 357. The summed E-state index contributed by atoms with van der Waals surface area (Å²) in [5.74, 6) is 0. The minimum absolute atomic E-state index is 0.581. The molecule has 10 heteroatoms. The van der Waals surface area contributed by atoms with Gasteiger partial charge in [-0.25, -0.2) is 0 Å². The van der Waals surface area contributed by atoms with E-state index in [0.29, 0.717) is 0 Å². The number of ether oxygens (including phenoxy) is 3. The summed E-state index contributed by atoms with van der Waals surface area (Å²) in [6.45, 7) is 0.898. The lowest BCUT2D eigenvalue weighted by molar-refractivity contribution is -0.336. The normalized spacial score (nSPS) is 53.5. The van der Waals surface area contributed by atoms with Crippen LogP contribution in [0.2, 0.25) is 0 Å². The summed E-state index contributed by atoms with van der Waals surface area (Å²) in [5.41, 5.74) is 5.71. The topological polar surface area (TPSA) is 175 Å². The van der Waals surface area contributed by atoms with Crippen LogP contribution in [0.5, 0.6) is 0 Å². The quantitative estimate of drug-likeness (QED) is 0.268. The first kappa shape index (κ1) is 17.9. The van der Waals surface area contributed by atoms with E-state index in [-0.39, 0.29) is 0 Å². The third kappa shape index (κ3) is 3.26. The maximum atomic E-state index is 10.0. The van der Waals surface area contributed by atoms with E-state index in [4.69, 9.17) is 25.1 Å². The molecule has 0 amide bonds. The lowest BCUT2D eigenvalue weighted by Gasteiger charge is -2.45. The average Bonchev–Trinajstić information content (AvgIpc) is 2.49. The molecule has 2 rings (SSSR count). The third-order valence-electron chi connectivity index (χ3n) is 4.02. The largest absolute Gasteiger partial charge is 0.394 e. The Morgan fingerprint density at radius 1 is 0.955 bits per heavy atom. The SMILES string of the molecule is C[C@@H]1OC(O)[C@H](O)[C@H](O[C@H]2O[C@H](CO)[C@@H](O)[C@H](O)[C@H]2N)[C@H]1O.